The van der Waals surface area contributed by atoms with E-state index in [0.29, 0.717) is 12.1 Å². The second-order valence-corrected chi connectivity index (χ2v) is 7.56. The molecule has 1 heterocycles. The van der Waals surface area contributed by atoms with Crippen molar-refractivity contribution < 1.29 is 4.42 Å². The Morgan fingerprint density at radius 1 is 1.16 bits per heavy atom. The maximum absolute atomic E-state index is 11.9. The molecule has 4 nitrogen and oxygen atoms in total. The number of benzene rings is 1. The van der Waals surface area contributed by atoms with Gasteiger partial charge in [-0.1, -0.05) is 38.3 Å². The predicted molar refractivity (Wildman–Crippen MR) is 103 cm³/mol. The molecule has 2 aromatic rings. The number of aryl methyl sites for hydroxylation is 1. The molecule has 4 heteroatoms. The standard InChI is InChI=1S/C21H30N2O2/c1-4-16-8-9-18-17(13-20(24)25-19(18)12-16)14-22-15-21(23(2)3)10-6-5-7-11-21/h8-9,12-13,22H,4-7,10-11,14-15H2,1-3H3. The van der Waals surface area contributed by atoms with Crippen molar-refractivity contribution in [2.24, 2.45) is 0 Å². The highest BCUT2D eigenvalue weighted by atomic mass is 16.4. The van der Waals surface area contributed by atoms with Gasteiger partial charge in [-0.2, -0.15) is 0 Å². The molecule has 0 saturated heterocycles. The molecule has 0 aliphatic heterocycles. The highest BCUT2D eigenvalue weighted by Gasteiger charge is 2.33. The van der Waals surface area contributed by atoms with E-state index in [1.54, 1.807) is 6.07 Å². The van der Waals surface area contributed by atoms with E-state index < -0.39 is 0 Å². The van der Waals surface area contributed by atoms with E-state index >= 15 is 0 Å². The minimum atomic E-state index is -0.266. The molecule has 0 bridgehead atoms. The Kier molecular flexibility index (Phi) is 5.60. The molecule has 0 atom stereocenters. The molecular formula is C21H30N2O2. The topological polar surface area (TPSA) is 45.5 Å². The van der Waals surface area contributed by atoms with E-state index in [9.17, 15) is 4.79 Å². The molecule has 1 fully saturated rings. The van der Waals surface area contributed by atoms with Crippen molar-refractivity contribution in [1.29, 1.82) is 0 Å². The van der Waals surface area contributed by atoms with Crippen LogP contribution in [0.3, 0.4) is 0 Å². The van der Waals surface area contributed by atoms with Gasteiger partial charge in [-0.15, -0.1) is 0 Å². The van der Waals surface area contributed by atoms with Crippen molar-refractivity contribution in [3.05, 3.63) is 45.8 Å². The predicted octanol–water partition coefficient (Wildman–Crippen LogP) is 3.71. The van der Waals surface area contributed by atoms with Crippen LogP contribution in [0.25, 0.3) is 11.0 Å². The molecule has 1 saturated carbocycles. The summed E-state index contributed by atoms with van der Waals surface area (Å²) in [4.78, 5) is 14.3. The van der Waals surface area contributed by atoms with E-state index in [2.05, 4.69) is 43.4 Å². The first-order valence-electron chi connectivity index (χ1n) is 9.48. The third-order valence-corrected chi connectivity index (χ3v) is 5.81. The minimum absolute atomic E-state index is 0.239. The Bertz CT molecular complexity index is 773. The van der Waals surface area contributed by atoms with Crippen LogP contribution in [0.2, 0.25) is 0 Å². The maximum atomic E-state index is 11.9. The van der Waals surface area contributed by atoms with Gasteiger partial charge in [0.15, 0.2) is 0 Å². The van der Waals surface area contributed by atoms with Gasteiger partial charge in [0, 0.05) is 30.1 Å². The number of likely N-dealkylation sites (N-methyl/N-ethyl adjacent to an activating group) is 1. The molecule has 1 aromatic carbocycles. The lowest BCUT2D eigenvalue weighted by Crippen LogP contribution is -2.52. The summed E-state index contributed by atoms with van der Waals surface area (Å²) in [6.07, 6.45) is 7.37. The zero-order valence-corrected chi connectivity index (χ0v) is 15.7. The van der Waals surface area contributed by atoms with Gasteiger partial charge < -0.3 is 14.6 Å². The molecule has 3 rings (SSSR count). The lowest BCUT2D eigenvalue weighted by atomic mass is 9.80. The van der Waals surface area contributed by atoms with Crippen LogP contribution < -0.4 is 10.9 Å². The average molecular weight is 342 g/mol. The summed E-state index contributed by atoms with van der Waals surface area (Å²) in [5.74, 6) is 0. The number of hydrogen-bond acceptors (Lipinski definition) is 4. The number of rotatable bonds is 6. The normalized spacial score (nSPS) is 17.3. The summed E-state index contributed by atoms with van der Waals surface area (Å²) in [7, 11) is 4.37. The number of hydrogen-bond donors (Lipinski definition) is 1. The Balaban J connectivity index is 1.77. The van der Waals surface area contributed by atoms with Crippen LogP contribution >= 0.6 is 0 Å². The van der Waals surface area contributed by atoms with Gasteiger partial charge in [-0.05, 0) is 50.6 Å². The van der Waals surface area contributed by atoms with E-state index in [-0.39, 0.29) is 11.2 Å². The van der Waals surface area contributed by atoms with Crippen molar-refractivity contribution in [3.63, 3.8) is 0 Å². The lowest BCUT2D eigenvalue weighted by Gasteiger charge is -2.43. The lowest BCUT2D eigenvalue weighted by molar-refractivity contribution is 0.0984. The SMILES string of the molecule is CCc1ccc2c(CNCC3(N(C)C)CCCCC3)cc(=O)oc2c1. The van der Waals surface area contributed by atoms with Crippen molar-refractivity contribution in [1.82, 2.24) is 10.2 Å². The monoisotopic (exact) mass is 342 g/mol. The Morgan fingerprint density at radius 3 is 2.60 bits per heavy atom. The summed E-state index contributed by atoms with van der Waals surface area (Å²) in [6, 6.07) is 7.82. The smallest absolute Gasteiger partial charge is 0.336 e. The Hall–Kier alpha value is -1.65. The van der Waals surface area contributed by atoms with Gasteiger partial charge in [0.25, 0.3) is 0 Å². The molecule has 1 N–H and O–H groups in total. The fourth-order valence-electron chi connectivity index (χ4n) is 4.06. The summed E-state index contributed by atoms with van der Waals surface area (Å²) in [6.45, 7) is 3.76. The molecule has 1 aliphatic rings. The van der Waals surface area contributed by atoms with Crippen molar-refractivity contribution >= 4 is 11.0 Å². The number of nitrogens with zero attached hydrogens (tertiary/aromatic N) is 1. The molecule has 25 heavy (non-hydrogen) atoms. The zero-order valence-electron chi connectivity index (χ0n) is 15.7. The molecule has 0 spiro atoms. The molecule has 136 valence electrons. The third-order valence-electron chi connectivity index (χ3n) is 5.81. The molecule has 0 radical (unpaired) electrons. The largest absolute Gasteiger partial charge is 0.423 e. The second kappa shape index (κ2) is 7.71. The molecular weight excluding hydrogens is 312 g/mol. The van der Waals surface area contributed by atoms with Crippen LogP contribution in [0.5, 0.6) is 0 Å². The minimum Gasteiger partial charge on any atom is -0.423 e. The van der Waals surface area contributed by atoms with Crippen molar-refractivity contribution in [2.45, 2.75) is 57.5 Å². The molecule has 1 aliphatic carbocycles. The second-order valence-electron chi connectivity index (χ2n) is 7.56. The van der Waals surface area contributed by atoms with Gasteiger partial charge in [-0.3, -0.25) is 0 Å². The third kappa shape index (κ3) is 3.96. The van der Waals surface area contributed by atoms with E-state index in [0.717, 1.165) is 23.9 Å². The first-order valence-corrected chi connectivity index (χ1v) is 9.48. The zero-order chi connectivity index (χ0) is 17.9. The Morgan fingerprint density at radius 2 is 1.92 bits per heavy atom. The number of nitrogens with one attached hydrogen (secondary N) is 1. The van der Waals surface area contributed by atoms with Crippen molar-refractivity contribution in [2.75, 3.05) is 20.6 Å². The highest BCUT2D eigenvalue weighted by molar-refractivity contribution is 5.80. The maximum Gasteiger partial charge on any atom is 0.336 e. The van der Waals surface area contributed by atoms with Gasteiger partial charge in [0.2, 0.25) is 0 Å². The highest BCUT2D eigenvalue weighted by Crippen LogP contribution is 2.31. The van der Waals surface area contributed by atoms with E-state index in [4.69, 9.17) is 4.42 Å². The fourth-order valence-corrected chi connectivity index (χ4v) is 4.06. The molecule has 0 amide bonds. The van der Waals surface area contributed by atoms with Crippen molar-refractivity contribution in [3.8, 4) is 0 Å². The number of fused-ring (bicyclic) bond motifs is 1. The van der Waals surface area contributed by atoms with Gasteiger partial charge in [-0.25, -0.2) is 4.79 Å². The van der Waals surface area contributed by atoms with Crippen LogP contribution in [0, 0.1) is 0 Å². The van der Waals surface area contributed by atoms with Crippen LogP contribution in [-0.2, 0) is 13.0 Å². The van der Waals surface area contributed by atoms with E-state index in [1.165, 1.54) is 37.7 Å². The van der Waals surface area contributed by atoms with Crippen LogP contribution in [0.4, 0.5) is 0 Å². The quantitative estimate of drug-likeness (QED) is 0.813. The summed E-state index contributed by atoms with van der Waals surface area (Å²) in [5, 5.41) is 4.65. The Labute approximate surface area is 150 Å². The summed E-state index contributed by atoms with van der Waals surface area (Å²) >= 11 is 0. The van der Waals surface area contributed by atoms with Crippen LogP contribution in [0.15, 0.2) is 33.5 Å². The van der Waals surface area contributed by atoms with Crippen LogP contribution in [0.1, 0.15) is 50.2 Å². The summed E-state index contributed by atoms with van der Waals surface area (Å²) in [5.41, 5.74) is 2.89. The van der Waals surface area contributed by atoms with E-state index in [1.807, 2.05) is 6.07 Å². The first kappa shape index (κ1) is 18.2. The van der Waals surface area contributed by atoms with Gasteiger partial charge in [0.05, 0.1) is 0 Å². The van der Waals surface area contributed by atoms with Crippen LogP contribution in [-0.4, -0.2) is 31.1 Å². The molecule has 0 unspecified atom stereocenters. The van der Waals surface area contributed by atoms with Gasteiger partial charge in [0.1, 0.15) is 5.58 Å². The average Bonchev–Trinajstić information content (AvgIpc) is 2.61. The fraction of sp³-hybridized carbons (Fsp3) is 0.571. The summed E-state index contributed by atoms with van der Waals surface area (Å²) < 4.78 is 5.41. The first-order chi connectivity index (χ1) is 12.0. The van der Waals surface area contributed by atoms with Gasteiger partial charge >= 0.3 is 5.63 Å². The molecule has 1 aromatic heterocycles.